The van der Waals surface area contributed by atoms with Gasteiger partial charge < -0.3 is 9.57 Å². The average molecular weight is 390 g/mol. The summed E-state index contributed by atoms with van der Waals surface area (Å²) in [7, 11) is 0. The van der Waals surface area contributed by atoms with Crippen molar-refractivity contribution in [3.05, 3.63) is 106 Å². The van der Waals surface area contributed by atoms with Crippen LogP contribution in [0.4, 0.5) is 0 Å². The molecule has 3 aromatic rings. The summed E-state index contributed by atoms with van der Waals surface area (Å²) in [6, 6.07) is 24.5. The van der Waals surface area contributed by atoms with Gasteiger partial charge in [-0.2, -0.15) is 0 Å². The van der Waals surface area contributed by atoms with Crippen LogP contribution in [-0.4, -0.2) is 11.7 Å². The fourth-order valence-electron chi connectivity index (χ4n) is 2.82. The van der Waals surface area contributed by atoms with Crippen molar-refractivity contribution in [1.29, 1.82) is 0 Å². The van der Waals surface area contributed by atoms with Crippen molar-refractivity contribution >= 4 is 29.4 Å². The van der Waals surface area contributed by atoms with E-state index in [0.717, 1.165) is 16.7 Å². The van der Waals surface area contributed by atoms with E-state index >= 15 is 0 Å². The lowest BCUT2D eigenvalue weighted by Crippen LogP contribution is -2.06. The first-order valence-corrected chi connectivity index (χ1v) is 9.11. The van der Waals surface area contributed by atoms with E-state index in [4.69, 9.17) is 21.2 Å². The van der Waals surface area contributed by atoms with Gasteiger partial charge in [0, 0.05) is 16.1 Å². The molecule has 0 amide bonds. The highest BCUT2D eigenvalue weighted by molar-refractivity contribution is 6.31. The topological polar surface area (TPSA) is 47.9 Å². The van der Waals surface area contributed by atoms with E-state index in [1.807, 2.05) is 78.9 Å². The summed E-state index contributed by atoms with van der Waals surface area (Å²) in [5, 5.41) is 4.59. The predicted molar refractivity (Wildman–Crippen MR) is 109 cm³/mol. The Morgan fingerprint density at radius 2 is 1.64 bits per heavy atom. The zero-order valence-corrected chi connectivity index (χ0v) is 15.6. The van der Waals surface area contributed by atoms with E-state index in [-0.39, 0.29) is 0 Å². The Kier molecular flexibility index (Phi) is 5.22. The number of oxime groups is 1. The minimum Gasteiger partial charge on any atom is -0.489 e. The zero-order valence-electron chi connectivity index (χ0n) is 14.8. The Morgan fingerprint density at radius 1 is 0.929 bits per heavy atom. The van der Waals surface area contributed by atoms with Crippen molar-refractivity contribution < 1.29 is 14.4 Å². The van der Waals surface area contributed by atoms with Crippen molar-refractivity contribution in [3.8, 4) is 5.75 Å². The number of ether oxygens (including phenoxy) is 1. The molecule has 138 valence electrons. The Morgan fingerprint density at radius 3 is 2.39 bits per heavy atom. The van der Waals surface area contributed by atoms with Gasteiger partial charge in [0.05, 0.1) is 5.57 Å². The van der Waals surface area contributed by atoms with E-state index in [0.29, 0.717) is 28.7 Å². The number of benzene rings is 3. The maximum Gasteiger partial charge on any atom is 0.368 e. The number of halogens is 1. The SMILES string of the molecule is O=C1ON=C(c2ccccc2)/C1=C\c1ccc(OCc2ccccc2Cl)cc1. The Labute approximate surface area is 167 Å². The summed E-state index contributed by atoms with van der Waals surface area (Å²) in [4.78, 5) is 16.9. The Hall–Kier alpha value is -3.37. The fraction of sp³-hybridized carbons (Fsp3) is 0.0435. The summed E-state index contributed by atoms with van der Waals surface area (Å²) >= 11 is 6.15. The van der Waals surface area contributed by atoms with E-state index in [1.54, 1.807) is 6.08 Å². The third-order valence-electron chi connectivity index (χ3n) is 4.29. The number of hydrogen-bond acceptors (Lipinski definition) is 4. The van der Waals surface area contributed by atoms with Gasteiger partial charge >= 0.3 is 5.97 Å². The summed E-state index contributed by atoms with van der Waals surface area (Å²) in [6.45, 7) is 0.386. The maximum atomic E-state index is 12.1. The number of carbonyl (C=O) groups is 1. The van der Waals surface area contributed by atoms with E-state index in [9.17, 15) is 4.79 Å². The molecule has 0 N–H and O–H groups in total. The van der Waals surface area contributed by atoms with Crippen LogP contribution in [-0.2, 0) is 16.2 Å². The minimum atomic E-state index is -0.460. The van der Waals surface area contributed by atoms with Gasteiger partial charge in [-0.05, 0) is 29.8 Å². The Balaban J connectivity index is 1.50. The minimum absolute atomic E-state index is 0.386. The monoisotopic (exact) mass is 389 g/mol. The highest BCUT2D eigenvalue weighted by Gasteiger charge is 2.26. The normalized spacial score (nSPS) is 14.7. The predicted octanol–water partition coefficient (Wildman–Crippen LogP) is 5.26. The third kappa shape index (κ3) is 3.97. The van der Waals surface area contributed by atoms with Crippen molar-refractivity contribution in [2.24, 2.45) is 5.16 Å². The molecule has 0 radical (unpaired) electrons. The molecule has 5 heteroatoms. The lowest BCUT2D eigenvalue weighted by Gasteiger charge is -2.08. The summed E-state index contributed by atoms with van der Waals surface area (Å²) in [5.41, 5.74) is 3.57. The number of carbonyl (C=O) groups excluding carboxylic acids is 1. The molecule has 4 nitrogen and oxygen atoms in total. The van der Waals surface area contributed by atoms with E-state index < -0.39 is 5.97 Å². The second-order valence-corrected chi connectivity index (χ2v) is 6.60. The van der Waals surface area contributed by atoms with Crippen LogP contribution in [0, 0.1) is 0 Å². The van der Waals surface area contributed by atoms with Crippen molar-refractivity contribution in [3.63, 3.8) is 0 Å². The Bertz CT molecular complexity index is 1060. The highest BCUT2D eigenvalue weighted by Crippen LogP contribution is 2.23. The maximum absolute atomic E-state index is 12.1. The van der Waals surface area contributed by atoms with Crippen LogP contribution in [0.5, 0.6) is 5.75 Å². The van der Waals surface area contributed by atoms with Gasteiger partial charge in [0.1, 0.15) is 18.1 Å². The van der Waals surface area contributed by atoms with Gasteiger partial charge in [-0.1, -0.05) is 77.4 Å². The molecule has 1 aliphatic rings. The number of hydrogen-bond donors (Lipinski definition) is 0. The van der Waals surface area contributed by atoms with Crippen LogP contribution in [0.1, 0.15) is 16.7 Å². The first-order valence-electron chi connectivity index (χ1n) is 8.74. The molecule has 0 saturated heterocycles. The highest BCUT2D eigenvalue weighted by atomic mass is 35.5. The first-order chi connectivity index (χ1) is 13.7. The molecule has 0 saturated carbocycles. The standard InChI is InChI=1S/C23H16ClNO3/c24-21-9-5-4-8-18(21)15-27-19-12-10-16(11-13-19)14-20-22(25-28-23(20)26)17-6-2-1-3-7-17/h1-14H,15H2/b20-14+. The molecule has 4 rings (SSSR count). The molecule has 0 atom stereocenters. The molecule has 28 heavy (non-hydrogen) atoms. The molecule has 1 heterocycles. The number of nitrogens with zero attached hydrogens (tertiary/aromatic N) is 1. The fourth-order valence-corrected chi connectivity index (χ4v) is 3.01. The van der Waals surface area contributed by atoms with Crippen LogP contribution in [0.3, 0.4) is 0 Å². The van der Waals surface area contributed by atoms with Crippen molar-refractivity contribution in [2.75, 3.05) is 0 Å². The molecule has 0 aromatic heterocycles. The van der Waals surface area contributed by atoms with Crippen LogP contribution in [0.2, 0.25) is 5.02 Å². The molecular weight excluding hydrogens is 374 g/mol. The molecule has 0 aliphatic carbocycles. The average Bonchev–Trinajstić information content (AvgIpc) is 3.09. The van der Waals surface area contributed by atoms with E-state index in [1.165, 1.54) is 0 Å². The summed E-state index contributed by atoms with van der Waals surface area (Å²) in [6.07, 6.45) is 1.76. The van der Waals surface area contributed by atoms with Gasteiger partial charge in [0.15, 0.2) is 0 Å². The second kappa shape index (κ2) is 8.11. The van der Waals surface area contributed by atoms with Gasteiger partial charge in [0.2, 0.25) is 0 Å². The van der Waals surface area contributed by atoms with Gasteiger partial charge in [-0.25, -0.2) is 4.79 Å². The third-order valence-corrected chi connectivity index (χ3v) is 4.65. The quantitative estimate of drug-likeness (QED) is 0.441. The molecule has 3 aromatic carbocycles. The molecule has 1 aliphatic heterocycles. The second-order valence-electron chi connectivity index (χ2n) is 6.19. The lowest BCUT2D eigenvalue weighted by atomic mass is 10.0. The van der Waals surface area contributed by atoms with Gasteiger partial charge in [0.25, 0.3) is 0 Å². The molecular formula is C23H16ClNO3. The van der Waals surface area contributed by atoms with Crippen molar-refractivity contribution in [1.82, 2.24) is 0 Å². The number of rotatable bonds is 5. The molecule has 0 spiro atoms. The first kappa shape index (κ1) is 18.0. The van der Waals surface area contributed by atoms with Crippen LogP contribution in [0.25, 0.3) is 6.08 Å². The van der Waals surface area contributed by atoms with Crippen LogP contribution < -0.4 is 4.74 Å². The lowest BCUT2D eigenvalue weighted by molar-refractivity contribution is -0.136. The largest absolute Gasteiger partial charge is 0.489 e. The summed E-state index contributed by atoms with van der Waals surface area (Å²) < 4.78 is 5.79. The zero-order chi connectivity index (χ0) is 19.3. The molecule has 0 bridgehead atoms. The van der Waals surface area contributed by atoms with Gasteiger partial charge in [-0.3, -0.25) is 0 Å². The van der Waals surface area contributed by atoms with E-state index in [2.05, 4.69) is 5.16 Å². The van der Waals surface area contributed by atoms with Crippen LogP contribution in [0.15, 0.2) is 89.6 Å². The van der Waals surface area contributed by atoms with Gasteiger partial charge in [-0.15, -0.1) is 0 Å². The smallest absolute Gasteiger partial charge is 0.368 e. The molecule has 0 fully saturated rings. The molecule has 0 unspecified atom stereocenters. The summed E-state index contributed by atoms with van der Waals surface area (Å²) in [5.74, 6) is 0.255. The van der Waals surface area contributed by atoms with Crippen molar-refractivity contribution in [2.45, 2.75) is 6.61 Å². The van der Waals surface area contributed by atoms with Crippen LogP contribution >= 0.6 is 11.6 Å².